The van der Waals surface area contributed by atoms with Crippen molar-refractivity contribution < 1.29 is 18.6 Å². The number of benzene rings is 2. The Kier molecular flexibility index (Phi) is 9.83. The van der Waals surface area contributed by atoms with Crippen molar-refractivity contribution >= 4 is 35.6 Å². The van der Waals surface area contributed by atoms with E-state index in [2.05, 4.69) is 15.6 Å². The van der Waals surface area contributed by atoms with E-state index in [0.717, 1.165) is 24.1 Å². The molecule has 1 saturated heterocycles. The molecule has 0 atom stereocenters. The topological polar surface area (TPSA) is 64.1 Å². The number of nitrogens with one attached hydrogen (secondary N) is 2. The molecule has 0 aliphatic carbocycles. The van der Waals surface area contributed by atoms with Crippen LogP contribution < -0.4 is 20.1 Å². The molecule has 0 spiro atoms. The molecule has 1 aliphatic rings. The monoisotopic (exact) mass is 543 g/mol. The van der Waals surface area contributed by atoms with Crippen LogP contribution in [0.4, 0.5) is 10.1 Å². The maximum atomic E-state index is 13.4. The fourth-order valence-electron chi connectivity index (χ4n) is 3.72. The van der Waals surface area contributed by atoms with E-state index in [1.807, 2.05) is 37.3 Å². The van der Waals surface area contributed by atoms with Crippen LogP contribution in [0.5, 0.6) is 11.5 Å². The molecule has 0 radical (unpaired) electrons. The molecule has 3 rings (SSSR count). The number of rotatable bonds is 7. The summed E-state index contributed by atoms with van der Waals surface area (Å²) in [6.45, 7) is 4.53. The van der Waals surface area contributed by atoms with Crippen LogP contribution >= 0.6 is 24.0 Å². The Bertz CT molecular complexity index is 856. The highest BCUT2D eigenvalue weighted by atomic mass is 127. The van der Waals surface area contributed by atoms with Gasteiger partial charge in [-0.25, -0.2) is 4.39 Å². The van der Waals surface area contributed by atoms with E-state index in [1.54, 1.807) is 14.2 Å². The summed E-state index contributed by atoms with van der Waals surface area (Å²) >= 11 is 0. The molecule has 1 aliphatic heterocycles. The SMILES string of the molecule is CCOc1ccc(NC(=NC)NCC2(c3ccc(F)cc3)CCOCC2)cc1OC.I. The first-order valence-electron chi connectivity index (χ1n) is 10.2. The lowest BCUT2D eigenvalue weighted by Crippen LogP contribution is -2.46. The summed E-state index contributed by atoms with van der Waals surface area (Å²) in [5.41, 5.74) is 1.81. The zero-order chi connectivity index (χ0) is 21.4. The van der Waals surface area contributed by atoms with Gasteiger partial charge in [0.1, 0.15) is 5.82 Å². The molecule has 2 aromatic carbocycles. The summed E-state index contributed by atoms with van der Waals surface area (Å²) in [4.78, 5) is 4.35. The van der Waals surface area contributed by atoms with Gasteiger partial charge in [-0.05, 0) is 49.6 Å². The number of anilines is 1. The molecule has 1 fully saturated rings. The second kappa shape index (κ2) is 12.1. The Morgan fingerprint density at radius 1 is 1.13 bits per heavy atom. The Hall–Kier alpha value is -2.07. The van der Waals surface area contributed by atoms with Gasteiger partial charge in [-0.1, -0.05) is 12.1 Å². The number of methoxy groups -OCH3 is 1. The van der Waals surface area contributed by atoms with E-state index in [4.69, 9.17) is 14.2 Å². The van der Waals surface area contributed by atoms with Crippen molar-refractivity contribution in [1.29, 1.82) is 0 Å². The molecule has 6 nitrogen and oxygen atoms in total. The van der Waals surface area contributed by atoms with E-state index in [-0.39, 0.29) is 35.2 Å². The van der Waals surface area contributed by atoms with Crippen molar-refractivity contribution in [3.63, 3.8) is 0 Å². The molecule has 8 heteroatoms. The Balaban J connectivity index is 0.00000341. The lowest BCUT2D eigenvalue weighted by molar-refractivity contribution is 0.0514. The lowest BCUT2D eigenvalue weighted by atomic mass is 9.74. The third-order valence-corrected chi connectivity index (χ3v) is 5.45. The van der Waals surface area contributed by atoms with Crippen molar-refractivity contribution in [2.45, 2.75) is 25.2 Å². The number of hydrogen-bond donors (Lipinski definition) is 2. The first-order valence-corrected chi connectivity index (χ1v) is 10.2. The first-order chi connectivity index (χ1) is 14.6. The second-order valence-corrected chi connectivity index (χ2v) is 7.25. The molecule has 0 unspecified atom stereocenters. The maximum Gasteiger partial charge on any atom is 0.195 e. The predicted octanol–water partition coefficient (Wildman–Crippen LogP) is 4.59. The minimum atomic E-state index is -0.226. The summed E-state index contributed by atoms with van der Waals surface area (Å²) in [5, 5.41) is 6.74. The smallest absolute Gasteiger partial charge is 0.195 e. The van der Waals surface area contributed by atoms with E-state index >= 15 is 0 Å². The molecule has 0 amide bonds. The number of nitrogens with zero attached hydrogens (tertiary/aromatic N) is 1. The third kappa shape index (κ3) is 6.46. The first kappa shape index (κ1) is 25.2. The Morgan fingerprint density at radius 3 is 2.45 bits per heavy atom. The van der Waals surface area contributed by atoms with Gasteiger partial charge in [0.25, 0.3) is 0 Å². The Morgan fingerprint density at radius 2 is 1.84 bits per heavy atom. The number of halogens is 2. The lowest BCUT2D eigenvalue weighted by Gasteiger charge is -2.38. The highest BCUT2D eigenvalue weighted by Gasteiger charge is 2.34. The van der Waals surface area contributed by atoms with Crippen LogP contribution in [0.15, 0.2) is 47.5 Å². The summed E-state index contributed by atoms with van der Waals surface area (Å²) in [6.07, 6.45) is 1.72. The number of ether oxygens (including phenoxy) is 3. The van der Waals surface area contributed by atoms with E-state index in [1.165, 1.54) is 12.1 Å². The van der Waals surface area contributed by atoms with E-state index in [0.29, 0.717) is 43.8 Å². The third-order valence-electron chi connectivity index (χ3n) is 5.45. The van der Waals surface area contributed by atoms with Crippen LogP contribution in [0.25, 0.3) is 0 Å². The van der Waals surface area contributed by atoms with E-state index in [9.17, 15) is 4.39 Å². The fourth-order valence-corrected chi connectivity index (χ4v) is 3.72. The molecule has 2 aromatic rings. The van der Waals surface area contributed by atoms with Crippen LogP contribution in [0.2, 0.25) is 0 Å². The average molecular weight is 543 g/mol. The van der Waals surface area contributed by atoms with Crippen molar-refractivity contribution in [2.24, 2.45) is 4.99 Å². The van der Waals surface area contributed by atoms with Crippen molar-refractivity contribution in [3.8, 4) is 11.5 Å². The van der Waals surface area contributed by atoms with Crippen LogP contribution in [0.1, 0.15) is 25.3 Å². The largest absolute Gasteiger partial charge is 0.493 e. The minimum absolute atomic E-state index is 0. The molecular formula is C23H31FIN3O3. The van der Waals surface area contributed by atoms with Gasteiger partial charge >= 0.3 is 0 Å². The van der Waals surface area contributed by atoms with Crippen LogP contribution in [0, 0.1) is 5.82 Å². The zero-order valence-corrected chi connectivity index (χ0v) is 20.6. The molecule has 1 heterocycles. The fraction of sp³-hybridized carbons (Fsp3) is 0.435. The molecule has 0 bridgehead atoms. The Labute approximate surface area is 200 Å². The molecule has 31 heavy (non-hydrogen) atoms. The van der Waals surface area contributed by atoms with Crippen molar-refractivity contribution in [3.05, 3.63) is 53.8 Å². The van der Waals surface area contributed by atoms with Gasteiger partial charge in [0.05, 0.1) is 13.7 Å². The average Bonchev–Trinajstić information content (AvgIpc) is 2.78. The highest BCUT2D eigenvalue weighted by Crippen LogP contribution is 2.34. The molecule has 2 N–H and O–H groups in total. The quantitative estimate of drug-likeness (QED) is 0.304. The van der Waals surface area contributed by atoms with Crippen molar-refractivity contribution in [2.75, 3.05) is 45.8 Å². The minimum Gasteiger partial charge on any atom is -0.493 e. The molecular weight excluding hydrogens is 512 g/mol. The summed E-state index contributed by atoms with van der Waals surface area (Å²) < 4.78 is 30.0. The van der Waals surface area contributed by atoms with Gasteiger partial charge in [0.2, 0.25) is 0 Å². The molecule has 170 valence electrons. The van der Waals surface area contributed by atoms with Gasteiger partial charge in [0.15, 0.2) is 17.5 Å². The maximum absolute atomic E-state index is 13.4. The summed E-state index contributed by atoms with van der Waals surface area (Å²) in [7, 11) is 3.35. The van der Waals surface area contributed by atoms with Crippen LogP contribution in [-0.4, -0.2) is 46.5 Å². The van der Waals surface area contributed by atoms with Crippen molar-refractivity contribution in [1.82, 2.24) is 5.32 Å². The van der Waals surface area contributed by atoms with Gasteiger partial charge in [-0.2, -0.15) is 0 Å². The summed E-state index contributed by atoms with van der Waals surface area (Å²) in [5.74, 6) is 1.78. The van der Waals surface area contributed by atoms with Gasteiger partial charge < -0.3 is 24.8 Å². The number of guanidine groups is 1. The normalized spacial score (nSPS) is 15.5. The second-order valence-electron chi connectivity index (χ2n) is 7.25. The van der Waals surface area contributed by atoms with E-state index < -0.39 is 0 Å². The van der Waals surface area contributed by atoms with Gasteiger partial charge in [0, 0.05) is 44.0 Å². The predicted molar refractivity (Wildman–Crippen MR) is 133 cm³/mol. The van der Waals surface area contributed by atoms with Crippen LogP contribution in [-0.2, 0) is 10.2 Å². The highest BCUT2D eigenvalue weighted by molar-refractivity contribution is 14.0. The molecule has 0 aromatic heterocycles. The van der Waals surface area contributed by atoms with Gasteiger partial charge in [-0.3, -0.25) is 4.99 Å². The molecule has 0 saturated carbocycles. The number of aliphatic imine (C=N–C) groups is 1. The summed E-state index contributed by atoms with van der Waals surface area (Å²) in [6, 6.07) is 12.5. The number of hydrogen-bond acceptors (Lipinski definition) is 4. The van der Waals surface area contributed by atoms with Crippen LogP contribution in [0.3, 0.4) is 0 Å². The zero-order valence-electron chi connectivity index (χ0n) is 18.2. The van der Waals surface area contributed by atoms with Gasteiger partial charge in [-0.15, -0.1) is 24.0 Å². The standard InChI is InChI=1S/C23H30FN3O3.HI/c1-4-30-20-10-9-19(15-21(20)28-3)27-22(25-2)26-16-23(11-13-29-14-12-23)17-5-7-18(24)8-6-17;/h5-10,15H,4,11-14,16H2,1-3H3,(H2,25,26,27);1H.